The lowest BCUT2D eigenvalue weighted by Crippen LogP contribution is -3.08. The van der Waals surface area contributed by atoms with Crippen molar-refractivity contribution in [2.75, 3.05) is 24.2 Å². The minimum absolute atomic E-state index is 0.130. The van der Waals surface area contributed by atoms with Gasteiger partial charge in [0.05, 0.1) is 18.3 Å². The number of carbonyl (C=O) groups is 2. The zero-order valence-corrected chi connectivity index (χ0v) is 16.7. The molecule has 1 atom stereocenters. The standard InChI is InChI=1S/C24H25N3O2/c1-18-12-14-19(15-13-18)16-27(2)17-23(28)26-22-11-7-6-10-21(22)24(29)25-20-8-4-3-5-9-20/h3-15H,16-17H2,1-2H3,(H,25,29)(H,26,28)/p+1. The summed E-state index contributed by atoms with van der Waals surface area (Å²) in [6.07, 6.45) is 0. The number of para-hydroxylation sites is 2. The molecule has 0 aliphatic heterocycles. The van der Waals surface area contributed by atoms with Gasteiger partial charge in [-0.3, -0.25) is 9.59 Å². The number of quaternary nitrogens is 1. The molecule has 3 rings (SSSR count). The minimum Gasteiger partial charge on any atom is -0.326 e. The average molecular weight is 388 g/mol. The summed E-state index contributed by atoms with van der Waals surface area (Å²) in [6, 6.07) is 24.6. The van der Waals surface area contributed by atoms with Crippen LogP contribution in [0.15, 0.2) is 78.9 Å². The third-order valence-electron chi connectivity index (χ3n) is 4.57. The molecular formula is C24H26N3O2+. The van der Waals surface area contributed by atoms with E-state index in [0.29, 0.717) is 23.5 Å². The highest BCUT2D eigenvalue weighted by Crippen LogP contribution is 2.17. The highest BCUT2D eigenvalue weighted by molar-refractivity contribution is 6.10. The van der Waals surface area contributed by atoms with E-state index in [4.69, 9.17) is 0 Å². The summed E-state index contributed by atoms with van der Waals surface area (Å²) in [5.74, 6) is -0.387. The fraction of sp³-hybridized carbons (Fsp3) is 0.167. The molecule has 148 valence electrons. The van der Waals surface area contributed by atoms with Crippen molar-refractivity contribution in [2.45, 2.75) is 13.5 Å². The lowest BCUT2D eigenvalue weighted by atomic mass is 10.1. The van der Waals surface area contributed by atoms with Crippen LogP contribution in [0.3, 0.4) is 0 Å². The van der Waals surface area contributed by atoms with Crippen molar-refractivity contribution < 1.29 is 14.5 Å². The van der Waals surface area contributed by atoms with Gasteiger partial charge in [-0.2, -0.15) is 0 Å². The summed E-state index contributed by atoms with van der Waals surface area (Å²) in [5.41, 5.74) is 4.05. The molecule has 0 saturated heterocycles. The van der Waals surface area contributed by atoms with Crippen LogP contribution in [-0.4, -0.2) is 25.4 Å². The first-order chi connectivity index (χ1) is 14.0. The van der Waals surface area contributed by atoms with Crippen LogP contribution in [0.4, 0.5) is 11.4 Å². The van der Waals surface area contributed by atoms with Gasteiger partial charge >= 0.3 is 0 Å². The second-order valence-corrected chi connectivity index (χ2v) is 7.21. The summed E-state index contributed by atoms with van der Waals surface area (Å²) < 4.78 is 0. The predicted octanol–water partition coefficient (Wildman–Crippen LogP) is 2.90. The molecule has 3 aromatic carbocycles. The number of amides is 2. The van der Waals surface area contributed by atoms with E-state index in [-0.39, 0.29) is 11.8 Å². The summed E-state index contributed by atoms with van der Waals surface area (Å²) in [5, 5.41) is 5.74. The third-order valence-corrected chi connectivity index (χ3v) is 4.57. The Morgan fingerprint density at radius 2 is 1.48 bits per heavy atom. The smallest absolute Gasteiger partial charge is 0.279 e. The maximum absolute atomic E-state index is 12.6. The van der Waals surface area contributed by atoms with Crippen LogP contribution >= 0.6 is 0 Å². The molecule has 0 bridgehead atoms. The number of hydrogen-bond donors (Lipinski definition) is 3. The highest BCUT2D eigenvalue weighted by Gasteiger charge is 2.16. The molecule has 2 amide bonds. The summed E-state index contributed by atoms with van der Waals surface area (Å²) in [7, 11) is 1.98. The molecule has 0 radical (unpaired) electrons. The first-order valence-electron chi connectivity index (χ1n) is 9.63. The lowest BCUT2D eigenvalue weighted by Gasteiger charge is -2.15. The van der Waals surface area contributed by atoms with E-state index < -0.39 is 0 Å². The van der Waals surface area contributed by atoms with Crippen molar-refractivity contribution in [1.82, 2.24) is 0 Å². The van der Waals surface area contributed by atoms with E-state index in [2.05, 4.69) is 41.8 Å². The zero-order chi connectivity index (χ0) is 20.6. The Bertz CT molecular complexity index is 969. The fourth-order valence-electron chi connectivity index (χ4n) is 3.10. The molecule has 29 heavy (non-hydrogen) atoms. The molecule has 0 fully saturated rings. The number of carbonyl (C=O) groups excluding carboxylic acids is 2. The Kier molecular flexibility index (Phi) is 6.76. The summed E-state index contributed by atoms with van der Waals surface area (Å²) in [4.78, 5) is 26.2. The van der Waals surface area contributed by atoms with Crippen LogP contribution in [0.1, 0.15) is 21.5 Å². The maximum atomic E-state index is 12.6. The van der Waals surface area contributed by atoms with Gasteiger partial charge in [-0.15, -0.1) is 0 Å². The van der Waals surface area contributed by atoms with Gasteiger partial charge in [0.25, 0.3) is 11.8 Å². The molecule has 0 saturated carbocycles. The average Bonchev–Trinajstić information content (AvgIpc) is 2.70. The van der Waals surface area contributed by atoms with Gasteiger partial charge in [0.2, 0.25) is 0 Å². The molecule has 1 unspecified atom stereocenters. The van der Waals surface area contributed by atoms with Crippen LogP contribution in [0, 0.1) is 6.92 Å². The quantitative estimate of drug-likeness (QED) is 0.583. The van der Waals surface area contributed by atoms with Gasteiger partial charge < -0.3 is 15.5 Å². The molecule has 3 aromatic rings. The number of anilines is 2. The number of aryl methyl sites for hydroxylation is 1. The lowest BCUT2D eigenvalue weighted by molar-refractivity contribution is -0.885. The van der Waals surface area contributed by atoms with E-state index in [9.17, 15) is 9.59 Å². The largest absolute Gasteiger partial charge is 0.326 e. The van der Waals surface area contributed by atoms with E-state index in [0.717, 1.165) is 11.4 Å². The minimum atomic E-state index is -0.257. The van der Waals surface area contributed by atoms with Crippen LogP contribution < -0.4 is 15.5 Å². The summed E-state index contributed by atoms with van der Waals surface area (Å²) in [6.45, 7) is 3.12. The Morgan fingerprint density at radius 1 is 0.828 bits per heavy atom. The maximum Gasteiger partial charge on any atom is 0.279 e. The zero-order valence-electron chi connectivity index (χ0n) is 16.7. The van der Waals surface area contributed by atoms with E-state index >= 15 is 0 Å². The van der Waals surface area contributed by atoms with Crippen molar-refractivity contribution in [2.24, 2.45) is 0 Å². The molecule has 5 heteroatoms. The van der Waals surface area contributed by atoms with Gasteiger partial charge in [0.1, 0.15) is 6.54 Å². The van der Waals surface area contributed by atoms with Crippen molar-refractivity contribution in [3.63, 3.8) is 0 Å². The van der Waals surface area contributed by atoms with E-state index in [1.165, 1.54) is 11.1 Å². The number of hydrogen-bond acceptors (Lipinski definition) is 2. The van der Waals surface area contributed by atoms with Gasteiger partial charge in [0.15, 0.2) is 6.54 Å². The van der Waals surface area contributed by atoms with Crippen molar-refractivity contribution in [1.29, 1.82) is 0 Å². The molecule has 0 aliphatic rings. The second kappa shape index (κ2) is 9.66. The van der Waals surface area contributed by atoms with E-state index in [1.807, 2.05) is 37.4 Å². The molecule has 0 aliphatic carbocycles. The van der Waals surface area contributed by atoms with Gasteiger partial charge in [0, 0.05) is 11.3 Å². The fourth-order valence-corrected chi connectivity index (χ4v) is 3.10. The number of likely N-dealkylation sites (N-methyl/N-ethyl adjacent to an activating group) is 1. The summed E-state index contributed by atoms with van der Waals surface area (Å²) >= 11 is 0. The molecular weight excluding hydrogens is 362 g/mol. The topological polar surface area (TPSA) is 62.6 Å². The molecule has 3 N–H and O–H groups in total. The van der Waals surface area contributed by atoms with Crippen molar-refractivity contribution in [3.8, 4) is 0 Å². The predicted molar refractivity (Wildman–Crippen MR) is 116 cm³/mol. The Balaban J connectivity index is 1.61. The van der Waals surface area contributed by atoms with Crippen molar-refractivity contribution >= 4 is 23.2 Å². The van der Waals surface area contributed by atoms with Gasteiger partial charge in [-0.05, 0) is 31.2 Å². The normalized spacial score (nSPS) is 11.5. The van der Waals surface area contributed by atoms with Crippen LogP contribution in [0.25, 0.3) is 0 Å². The highest BCUT2D eigenvalue weighted by atomic mass is 16.2. The SMILES string of the molecule is Cc1ccc(C[NH+](C)CC(=O)Nc2ccccc2C(=O)Nc2ccccc2)cc1. The molecule has 5 nitrogen and oxygen atoms in total. The van der Waals surface area contributed by atoms with Gasteiger partial charge in [-0.1, -0.05) is 60.2 Å². The van der Waals surface area contributed by atoms with Crippen LogP contribution in [0.2, 0.25) is 0 Å². The van der Waals surface area contributed by atoms with Crippen LogP contribution in [0.5, 0.6) is 0 Å². The first kappa shape index (κ1) is 20.3. The molecule has 0 spiro atoms. The number of rotatable bonds is 7. The Hall–Kier alpha value is -3.44. The monoisotopic (exact) mass is 388 g/mol. The molecule has 0 heterocycles. The Labute approximate surface area is 171 Å². The molecule has 0 aromatic heterocycles. The number of benzene rings is 3. The van der Waals surface area contributed by atoms with Gasteiger partial charge in [-0.25, -0.2) is 0 Å². The Morgan fingerprint density at radius 3 is 2.21 bits per heavy atom. The van der Waals surface area contributed by atoms with Crippen LogP contribution in [-0.2, 0) is 11.3 Å². The first-order valence-corrected chi connectivity index (χ1v) is 9.63. The third kappa shape index (κ3) is 6.02. The van der Waals surface area contributed by atoms with Crippen molar-refractivity contribution in [3.05, 3.63) is 95.6 Å². The number of nitrogens with one attached hydrogen (secondary N) is 3. The van der Waals surface area contributed by atoms with E-state index in [1.54, 1.807) is 24.3 Å². The second-order valence-electron chi connectivity index (χ2n) is 7.21.